The lowest BCUT2D eigenvalue weighted by Gasteiger charge is -2.26. The Hall–Kier alpha value is -0.340. The van der Waals surface area contributed by atoms with Gasteiger partial charge < -0.3 is 10.5 Å². The molecule has 0 saturated carbocycles. The molecule has 0 fully saturated rings. The van der Waals surface area contributed by atoms with Gasteiger partial charge in [-0.05, 0) is 25.7 Å². The van der Waals surface area contributed by atoms with E-state index in [9.17, 15) is 0 Å². The highest BCUT2D eigenvalue weighted by atomic mass is 16.5. The van der Waals surface area contributed by atoms with Gasteiger partial charge >= 0.3 is 0 Å². The Morgan fingerprint density at radius 1 is 0.857 bits per heavy atom. The van der Waals surface area contributed by atoms with Gasteiger partial charge in [-0.3, -0.25) is 0 Å². The van der Waals surface area contributed by atoms with Crippen LogP contribution in [-0.2, 0) is 4.74 Å². The Bertz CT molecular complexity index is 242. The summed E-state index contributed by atoms with van der Waals surface area (Å²) in [5, 5.41) is 0. The number of nitrogens with two attached hydrogens (primary N) is 1. The number of ether oxygens (including phenoxy) is 1. The second kappa shape index (κ2) is 13.3. The molecule has 1 unspecified atom stereocenters. The summed E-state index contributed by atoms with van der Waals surface area (Å²) < 4.78 is 5.67. The minimum Gasteiger partial charge on any atom is -0.363 e. The third-order valence-corrected chi connectivity index (χ3v) is 3.81. The molecular weight excluding hydrogens is 258 g/mol. The van der Waals surface area contributed by atoms with Crippen molar-refractivity contribution in [3.8, 4) is 0 Å². The highest BCUT2D eigenvalue weighted by Crippen LogP contribution is 2.18. The van der Waals surface area contributed by atoms with E-state index in [1.54, 1.807) is 0 Å². The van der Waals surface area contributed by atoms with Gasteiger partial charge in [-0.15, -0.1) is 0 Å². The molecule has 0 aliphatic heterocycles. The van der Waals surface area contributed by atoms with Gasteiger partial charge in [-0.1, -0.05) is 78.4 Å². The van der Waals surface area contributed by atoms with Gasteiger partial charge in [0.2, 0.25) is 0 Å². The van der Waals surface area contributed by atoms with E-state index in [0.29, 0.717) is 0 Å². The predicted molar refractivity (Wildman–Crippen MR) is 94.4 cm³/mol. The number of hydrogen-bond donors (Lipinski definition) is 1. The zero-order chi connectivity index (χ0) is 16.0. The molecule has 0 aliphatic rings. The molecule has 0 rings (SSSR count). The van der Waals surface area contributed by atoms with Crippen molar-refractivity contribution >= 4 is 0 Å². The summed E-state index contributed by atoms with van der Waals surface area (Å²) in [7, 11) is 0. The van der Waals surface area contributed by atoms with Gasteiger partial charge in [0.1, 0.15) is 6.23 Å². The molecule has 2 N–H and O–H groups in total. The molecule has 0 aromatic carbocycles. The second-order valence-electron chi connectivity index (χ2n) is 7.18. The van der Waals surface area contributed by atoms with Crippen LogP contribution in [0.15, 0.2) is 12.2 Å². The van der Waals surface area contributed by atoms with Crippen LogP contribution in [0.25, 0.3) is 0 Å². The van der Waals surface area contributed by atoms with E-state index in [1.165, 1.54) is 57.8 Å². The van der Waals surface area contributed by atoms with Crippen molar-refractivity contribution in [2.24, 2.45) is 11.1 Å². The summed E-state index contributed by atoms with van der Waals surface area (Å²) in [6, 6.07) is 0. The van der Waals surface area contributed by atoms with E-state index in [-0.39, 0.29) is 11.6 Å². The fraction of sp³-hybridized carbons (Fsp3) is 0.895. The Balaban J connectivity index is 3.21. The van der Waals surface area contributed by atoms with Crippen molar-refractivity contribution < 1.29 is 4.74 Å². The zero-order valence-corrected chi connectivity index (χ0v) is 15.0. The zero-order valence-electron chi connectivity index (χ0n) is 15.0. The van der Waals surface area contributed by atoms with Crippen LogP contribution in [0.3, 0.4) is 0 Å². The van der Waals surface area contributed by atoms with Crippen molar-refractivity contribution in [2.45, 2.75) is 98.1 Å². The summed E-state index contributed by atoms with van der Waals surface area (Å²) in [5.74, 6) is 0. The molecule has 0 aliphatic carbocycles. The summed E-state index contributed by atoms with van der Waals surface area (Å²) in [4.78, 5) is 0. The fourth-order valence-corrected chi connectivity index (χ4v) is 2.09. The third kappa shape index (κ3) is 14.4. The minimum absolute atomic E-state index is 0.0463. The first-order valence-electron chi connectivity index (χ1n) is 9.00. The first kappa shape index (κ1) is 20.7. The molecule has 0 spiro atoms. The van der Waals surface area contributed by atoms with Gasteiger partial charge in [-0.2, -0.15) is 0 Å². The van der Waals surface area contributed by atoms with Crippen molar-refractivity contribution in [3.05, 3.63) is 12.2 Å². The van der Waals surface area contributed by atoms with Crippen LogP contribution in [-0.4, -0.2) is 12.8 Å². The molecule has 0 bridgehead atoms. The first-order chi connectivity index (χ1) is 9.98. The lowest BCUT2D eigenvalue weighted by Crippen LogP contribution is -2.37. The third-order valence-electron chi connectivity index (χ3n) is 3.81. The Kier molecular flexibility index (Phi) is 13.1. The lowest BCUT2D eigenvalue weighted by molar-refractivity contribution is -0.0148. The molecule has 0 saturated heterocycles. The summed E-state index contributed by atoms with van der Waals surface area (Å²) in [6.07, 6.45) is 17.5. The number of rotatable bonds is 13. The van der Waals surface area contributed by atoms with E-state index in [0.717, 1.165) is 13.0 Å². The largest absolute Gasteiger partial charge is 0.363 e. The van der Waals surface area contributed by atoms with E-state index in [2.05, 4.69) is 39.8 Å². The number of hydrogen-bond acceptors (Lipinski definition) is 2. The Morgan fingerprint density at radius 2 is 1.38 bits per heavy atom. The van der Waals surface area contributed by atoms with Crippen molar-refractivity contribution in [1.82, 2.24) is 0 Å². The molecule has 126 valence electrons. The standard InChI is InChI=1S/C19H39NO/c1-5-6-7-8-9-10-11-12-13-14-15-16-17-21-18(20)19(2,3)4/h8-9,18H,5-7,10-17,20H2,1-4H3/b9-8-. The second-order valence-corrected chi connectivity index (χ2v) is 7.18. The molecule has 0 radical (unpaired) electrons. The van der Waals surface area contributed by atoms with Gasteiger partial charge in [0.05, 0.1) is 0 Å². The van der Waals surface area contributed by atoms with Crippen LogP contribution >= 0.6 is 0 Å². The topological polar surface area (TPSA) is 35.2 Å². The minimum atomic E-state index is -0.142. The Morgan fingerprint density at radius 3 is 1.95 bits per heavy atom. The van der Waals surface area contributed by atoms with Crippen LogP contribution < -0.4 is 5.73 Å². The van der Waals surface area contributed by atoms with Crippen LogP contribution in [0.1, 0.15) is 91.9 Å². The normalized spacial score (nSPS) is 14.0. The first-order valence-corrected chi connectivity index (χ1v) is 9.00. The van der Waals surface area contributed by atoms with Crippen LogP contribution in [0, 0.1) is 5.41 Å². The lowest BCUT2D eigenvalue weighted by atomic mass is 9.95. The molecule has 0 aromatic heterocycles. The molecule has 1 atom stereocenters. The fourth-order valence-electron chi connectivity index (χ4n) is 2.09. The van der Waals surface area contributed by atoms with Crippen LogP contribution in [0.5, 0.6) is 0 Å². The quantitative estimate of drug-likeness (QED) is 0.264. The molecule has 0 amide bonds. The Labute approximate surface area is 133 Å². The van der Waals surface area contributed by atoms with E-state index in [4.69, 9.17) is 10.5 Å². The SMILES string of the molecule is CCCC/C=C\CCCCCCCCOC(N)C(C)(C)C. The maximum Gasteiger partial charge on any atom is 0.110 e. The number of allylic oxidation sites excluding steroid dienone is 2. The van der Waals surface area contributed by atoms with E-state index < -0.39 is 0 Å². The molecule has 0 aromatic rings. The average Bonchev–Trinajstić information content (AvgIpc) is 2.42. The molecule has 2 nitrogen and oxygen atoms in total. The van der Waals surface area contributed by atoms with E-state index >= 15 is 0 Å². The predicted octanol–water partition coefficient (Wildman–Crippen LogP) is 5.81. The van der Waals surface area contributed by atoms with Gasteiger partial charge in [-0.25, -0.2) is 0 Å². The average molecular weight is 298 g/mol. The summed E-state index contributed by atoms with van der Waals surface area (Å²) >= 11 is 0. The molecular formula is C19H39NO. The van der Waals surface area contributed by atoms with Gasteiger partial charge in [0.25, 0.3) is 0 Å². The van der Waals surface area contributed by atoms with Crippen molar-refractivity contribution in [1.29, 1.82) is 0 Å². The van der Waals surface area contributed by atoms with Crippen molar-refractivity contribution in [3.63, 3.8) is 0 Å². The monoisotopic (exact) mass is 297 g/mol. The van der Waals surface area contributed by atoms with Gasteiger partial charge in [0.15, 0.2) is 0 Å². The summed E-state index contributed by atoms with van der Waals surface area (Å²) in [6.45, 7) is 9.41. The van der Waals surface area contributed by atoms with Crippen LogP contribution in [0.2, 0.25) is 0 Å². The van der Waals surface area contributed by atoms with Crippen LogP contribution in [0.4, 0.5) is 0 Å². The highest BCUT2D eigenvalue weighted by Gasteiger charge is 2.20. The van der Waals surface area contributed by atoms with Crippen molar-refractivity contribution in [2.75, 3.05) is 6.61 Å². The molecule has 2 heteroatoms. The smallest absolute Gasteiger partial charge is 0.110 e. The van der Waals surface area contributed by atoms with E-state index in [1.807, 2.05) is 0 Å². The maximum absolute atomic E-state index is 5.96. The number of unbranched alkanes of at least 4 members (excludes halogenated alkanes) is 8. The maximum atomic E-state index is 5.96. The highest BCUT2D eigenvalue weighted by molar-refractivity contribution is 4.81. The molecule has 0 heterocycles. The van der Waals surface area contributed by atoms with Gasteiger partial charge in [0, 0.05) is 12.0 Å². The summed E-state index contributed by atoms with van der Waals surface area (Å²) in [5.41, 5.74) is 6.01. The molecule has 21 heavy (non-hydrogen) atoms.